The molecule has 1 aliphatic rings. The van der Waals surface area contributed by atoms with Gasteiger partial charge in [-0.3, -0.25) is 0 Å². The zero-order valence-corrected chi connectivity index (χ0v) is 20.0. The molecule has 3 nitrogen and oxygen atoms in total. The summed E-state index contributed by atoms with van der Waals surface area (Å²) in [7, 11) is 0. The summed E-state index contributed by atoms with van der Waals surface area (Å²) in [6.45, 7) is 7.84. The van der Waals surface area contributed by atoms with Gasteiger partial charge in [-0.15, -0.1) is 0 Å². The van der Waals surface area contributed by atoms with E-state index in [-0.39, 0.29) is 0 Å². The van der Waals surface area contributed by atoms with E-state index in [2.05, 4.69) is 84.9 Å². The third kappa shape index (κ3) is 3.27. The van der Waals surface area contributed by atoms with Crippen molar-refractivity contribution in [3.8, 4) is 28.4 Å². The molecule has 0 spiro atoms. The average molecular weight is 451 g/mol. The van der Waals surface area contributed by atoms with E-state index in [4.69, 9.17) is 14.2 Å². The lowest BCUT2D eigenvalue weighted by molar-refractivity contribution is 0.324. The predicted octanol–water partition coefficient (Wildman–Crippen LogP) is 7.25. The molecule has 172 valence electrons. The quantitative estimate of drug-likeness (QED) is 0.249. The van der Waals surface area contributed by atoms with Crippen LogP contribution in [0.1, 0.15) is 43.0 Å². The first-order valence-corrected chi connectivity index (χ1v) is 12.1. The minimum atomic E-state index is -0.615. The van der Waals surface area contributed by atoms with E-state index in [1.54, 1.807) is 0 Å². The third-order valence-corrected chi connectivity index (χ3v) is 6.49. The van der Waals surface area contributed by atoms with Gasteiger partial charge in [-0.05, 0) is 55.7 Å². The van der Waals surface area contributed by atoms with E-state index >= 15 is 0 Å². The van der Waals surface area contributed by atoms with Crippen LogP contribution in [-0.4, -0.2) is 19.8 Å². The SMILES string of the molecule is CCOc1ccc(OCC)c2c1-c1cccc(OCC)c1C2(c1ccccc1)c1ccccc1. The van der Waals surface area contributed by atoms with Crippen molar-refractivity contribution in [2.24, 2.45) is 0 Å². The highest BCUT2D eigenvalue weighted by atomic mass is 16.5. The smallest absolute Gasteiger partial charge is 0.127 e. The summed E-state index contributed by atoms with van der Waals surface area (Å²) in [4.78, 5) is 0. The van der Waals surface area contributed by atoms with Crippen molar-refractivity contribution in [2.75, 3.05) is 19.8 Å². The van der Waals surface area contributed by atoms with Crippen molar-refractivity contribution in [1.29, 1.82) is 0 Å². The fraction of sp³-hybridized carbons (Fsp3) is 0.226. The Labute approximate surface area is 201 Å². The first kappa shape index (κ1) is 22.1. The van der Waals surface area contributed by atoms with Gasteiger partial charge in [-0.1, -0.05) is 72.8 Å². The van der Waals surface area contributed by atoms with Crippen LogP contribution in [0.2, 0.25) is 0 Å². The van der Waals surface area contributed by atoms with Gasteiger partial charge >= 0.3 is 0 Å². The number of fused-ring (bicyclic) bond motifs is 3. The Morgan fingerprint density at radius 2 is 1.00 bits per heavy atom. The molecule has 0 saturated carbocycles. The summed E-state index contributed by atoms with van der Waals surface area (Å²) in [6, 6.07) is 31.8. The van der Waals surface area contributed by atoms with Crippen LogP contribution in [0, 0.1) is 0 Å². The van der Waals surface area contributed by atoms with Crippen LogP contribution < -0.4 is 14.2 Å². The predicted molar refractivity (Wildman–Crippen MR) is 137 cm³/mol. The van der Waals surface area contributed by atoms with Crippen LogP contribution in [0.5, 0.6) is 17.2 Å². The molecule has 0 heterocycles. The second-order valence-corrected chi connectivity index (χ2v) is 8.27. The highest BCUT2D eigenvalue weighted by Crippen LogP contribution is 2.63. The van der Waals surface area contributed by atoms with Gasteiger partial charge in [0.25, 0.3) is 0 Å². The van der Waals surface area contributed by atoms with Crippen molar-refractivity contribution in [3.63, 3.8) is 0 Å². The second-order valence-electron chi connectivity index (χ2n) is 8.27. The van der Waals surface area contributed by atoms with Crippen LogP contribution in [-0.2, 0) is 5.41 Å². The molecule has 0 aliphatic heterocycles. The van der Waals surface area contributed by atoms with Gasteiger partial charge in [0.15, 0.2) is 0 Å². The number of hydrogen-bond donors (Lipinski definition) is 0. The molecular weight excluding hydrogens is 420 g/mol. The standard InChI is InChI=1S/C31H30O3/c1-4-32-25-20-21-27(34-6-3)30-28(25)24-18-13-19-26(33-5-2)29(24)31(30,22-14-9-7-10-15-22)23-16-11-8-12-17-23/h7-21H,4-6H2,1-3H3. The van der Waals surface area contributed by atoms with Crippen LogP contribution in [0.15, 0.2) is 91.0 Å². The minimum Gasteiger partial charge on any atom is -0.494 e. The molecule has 0 N–H and O–H groups in total. The van der Waals surface area contributed by atoms with Crippen LogP contribution in [0.25, 0.3) is 11.1 Å². The van der Waals surface area contributed by atoms with Crippen LogP contribution in [0.4, 0.5) is 0 Å². The molecule has 0 atom stereocenters. The van der Waals surface area contributed by atoms with Crippen molar-refractivity contribution in [2.45, 2.75) is 26.2 Å². The van der Waals surface area contributed by atoms with Crippen molar-refractivity contribution in [3.05, 3.63) is 113 Å². The monoisotopic (exact) mass is 450 g/mol. The maximum atomic E-state index is 6.31. The Morgan fingerprint density at radius 1 is 0.500 bits per heavy atom. The molecule has 3 heteroatoms. The lowest BCUT2D eigenvalue weighted by Gasteiger charge is -2.35. The summed E-state index contributed by atoms with van der Waals surface area (Å²) in [5.74, 6) is 2.62. The summed E-state index contributed by atoms with van der Waals surface area (Å²) < 4.78 is 18.8. The van der Waals surface area contributed by atoms with Gasteiger partial charge in [0.05, 0.1) is 25.2 Å². The molecule has 5 rings (SSSR count). The molecule has 4 aromatic rings. The van der Waals surface area contributed by atoms with Crippen molar-refractivity contribution in [1.82, 2.24) is 0 Å². The Morgan fingerprint density at radius 3 is 1.56 bits per heavy atom. The molecular formula is C31H30O3. The second kappa shape index (κ2) is 9.26. The third-order valence-electron chi connectivity index (χ3n) is 6.49. The van der Waals surface area contributed by atoms with E-state index in [0.717, 1.165) is 39.5 Å². The molecule has 0 aromatic heterocycles. The van der Waals surface area contributed by atoms with E-state index in [1.807, 2.05) is 26.8 Å². The van der Waals surface area contributed by atoms with Crippen LogP contribution in [0.3, 0.4) is 0 Å². The zero-order chi connectivity index (χ0) is 23.5. The van der Waals surface area contributed by atoms with E-state index in [9.17, 15) is 0 Å². The molecule has 0 saturated heterocycles. The minimum absolute atomic E-state index is 0.578. The van der Waals surface area contributed by atoms with Crippen molar-refractivity contribution < 1.29 is 14.2 Å². The molecule has 0 unspecified atom stereocenters. The topological polar surface area (TPSA) is 27.7 Å². The maximum Gasteiger partial charge on any atom is 0.127 e. The molecule has 0 fully saturated rings. The van der Waals surface area contributed by atoms with Gasteiger partial charge in [0.2, 0.25) is 0 Å². The summed E-state index contributed by atoms with van der Waals surface area (Å²) in [5, 5.41) is 0. The van der Waals surface area contributed by atoms with Gasteiger partial charge in [-0.25, -0.2) is 0 Å². The Hall–Kier alpha value is -3.72. The normalized spacial score (nSPS) is 13.1. The number of hydrogen-bond acceptors (Lipinski definition) is 3. The van der Waals surface area contributed by atoms with E-state index in [1.165, 1.54) is 11.1 Å². The Balaban J connectivity index is 2.02. The molecule has 34 heavy (non-hydrogen) atoms. The highest BCUT2D eigenvalue weighted by Gasteiger charge is 2.51. The first-order chi connectivity index (χ1) is 16.8. The van der Waals surface area contributed by atoms with Gasteiger partial charge in [0.1, 0.15) is 17.2 Å². The molecule has 0 radical (unpaired) electrons. The fourth-order valence-electron chi connectivity index (χ4n) is 5.40. The maximum absolute atomic E-state index is 6.31. The molecule has 0 amide bonds. The molecule has 4 aromatic carbocycles. The summed E-state index contributed by atoms with van der Waals surface area (Å²) in [5.41, 5.74) is 6.18. The Kier molecular flexibility index (Phi) is 6.02. The fourth-order valence-corrected chi connectivity index (χ4v) is 5.40. The molecule has 1 aliphatic carbocycles. The van der Waals surface area contributed by atoms with Crippen LogP contribution >= 0.6 is 0 Å². The summed E-state index contributed by atoms with van der Waals surface area (Å²) >= 11 is 0. The van der Waals surface area contributed by atoms with Gasteiger partial charge in [-0.2, -0.15) is 0 Å². The largest absolute Gasteiger partial charge is 0.494 e. The highest BCUT2D eigenvalue weighted by molar-refractivity contribution is 5.93. The average Bonchev–Trinajstić information content (AvgIpc) is 3.21. The lowest BCUT2D eigenvalue weighted by Crippen LogP contribution is -2.30. The summed E-state index contributed by atoms with van der Waals surface area (Å²) in [6.07, 6.45) is 0. The molecule has 0 bridgehead atoms. The van der Waals surface area contributed by atoms with Gasteiger partial charge < -0.3 is 14.2 Å². The number of rotatable bonds is 8. The zero-order valence-electron chi connectivity index (χ0n) is 20.0. The van der Waals surface area contributed by atoms with E-state index < -0.39 is 5.41 Å². The number of benzene rings is 4. The van der Waals surface area contributed by atoms with Crippen molar-refractivity contribution >= 4 is 0 Å². The lowest BCUT2D eigenvalue weighted by atomic mass is 9.67. The first-order valence-electron chi connectivity index (χ1n) is 12.1. The number of ether oxygens (including phenoxy) is 3. The van der Waals surface area contributed by atoms with Gasteiger partial charge in [0, 0.05) is 16.7 Å². The Bertz CT molecular complexity index is 1240. The van der Waals surface area contributed by atoms with E-state index in [0.29, 0.717) is 19.8 Å².